The van der Waals surface area contributed by atoms with Gasteiger partial charge >= 0.3 is 0 Å². The maximum absolute atomic E-state index is 13.1. The van der Waals surface area contributed by atoms with Crippen molar-refractivity contribution in [2.24, 2.45) is 0 Å². The van der Waals surface area contributed by atoms with E-state index in [4.69, 9.17) is 4.74 Å². The first-order chi connectivity index (χ1) is 8.77. The number of ether oxygens (including phenoxy) is 1. The molecule has 0 heterocycles. The zero-order valence-electron chi connectivity index (χ0n) is 11.0. The summed E-state index contributed by atoms with van der Waals surface area (Å²) >= 11 is 2.29. The molecule has 1 atom stereocenters. The zero-order valence-corrected chi connectivity index (χ0v) is 13.2. The molecule has 1 unspecified atom stereocenters. The molecule has 0 aliphatic carbocycles. The lowest BCUT2D eigenvalue weighted by Gasteiger charge is -2.16. The van der Waals surface area contributed by atoms with Gasteiger partial charge in [-0.05, 0) is 24.1 Å². The van der Waals surface area contributed by atoms with Crippen LogP contribution in [0, 0.1) is 5.82 Å². The molecule has 1 rings (SSSR count). The molecule has 0 N–H and O–H groups in total. The predicted octanol–water partition coefficient (Wildman–Crippen LogP) is 5.29. The normalized spacial score (nSPS) is 12.6. The highest BCUT2D eigenvalue weighted by atomic mass is 127. The topological polar surface area (TPSA) is 9.23 Å². The van der Waals surface area contributed by atoms with Crippen LogP contribution in [0.3, 0.4) is 0 Å². The lowest BCUT2D eigenvalue weighted by Crippen LogP contribution is -2.07. The van der Waals surface area contributed by atoms with Gasteiger partial charge < -0.3 is 4.74 Å². The summed E-state index contributed by atoms with van der Waals surface area (Å²) in [4.78, 5) is 0. The maximum atomic E-state index is 13.1. The van der Waals surface area contributed by atoms with Crippen LogP contribution in [0.4, 0.5) is 4.39 Å². The second-order valence-electron chi connectivity index (χ2n) is 4.48. The van der Waals surface area contributed by atoms with Gasteiger partial charge in [0.05, 0.1) is 6.10 Å². The van der Waals surface area contributed by atoms with E-state index in [-0.39, 0.29) is 11.9 Å². The van der Waals surface area contributed by atoms with Crippen molar-refractivity contribution in [1.29, 1.82) is 0 Å². The van der Waals surface area contributed by atoms with Crippen LogP contribution in [0.5, 0.6) is 0 Å². The molecular formula is C15H22FIO. The summed E-state index contributed by atoms with van der Waals surface area (Å²) in [7, 11) is 0. The molecule has 0 spiro atoms. The average molecular weight is 364 g/mol. The summed E-state index contributed by atoms with van der Waals surface area (Å²) in [6.45, 7) is 2.99. The van der Waals surface area contributed by atoms with E-state index in [2.05, 4.69) is 29.5 Å². The summed E-state index contributed by atoms with van der Waals surface area (Å²) in [5.41, 5.74) is 0.943. The van der Waals surface area contributed by atoms with E-state index >= 15 is 0 Å². The zero-order chi connectivity index (χ0) is 13.2. The Kier molecular flexibility index (Phi) is 8.59. The van der Waals surface area contributed by atoms with E-state index in [9.17, 15) is 4.39 Å². The second kappa shape index (κ2) is 9.73. The fraction of sp³-hybridized carbons (Fsp3) is 0.600. The average Bonchev–Trinajstić information content (AvgIpc) is 2.38. The van der Waals surface area contributed by atoms with E-state index in [1.807, 2.05) is 6.07 Å². The number of hydrogen-bond donors (Lipinski definition) is 0. The molecule has 102 valence electrons. The molecule has 1 aromatic rings. The van der Waals surface area contributed by atoms with Crippen LogP contribution < -0.4 is 0 Å². The standard InChI is InChI=1S/C15H22FIO/c1-2-3-4-5-6-10-18-15(12-17)13-8-7-9-14(16)11-13/h7-9,11,15H,2-6,10,12H2,1H3. The number of halogens is 2. The first kappa shape index (κ1) is 15.9. The highest BCUT2D eigenvalue weighted by Gasteiger charge is 2.10. The van der Waals surface area contributed by atoms with Gasteiger partial charge in [0.25, 0.3) is 0 Å². The summed E-state index contributed by atoms with van der Waals surface area (Å²) < 4.78 is 19.8. The summed E-state index contributed by atoms with van der Waals surface area (Å²) in [6.07, 6.45) is 6.20. The number of benzene rings is 1. The third-order valence-corrected chi connectivity index (χ3v) is 3.73. The lowest BCUT2D eigenvalue weighted by atomic mass is 10.1. The molecule has 0 aromatic heterocycles. The van der Waals surface area contributed by atoms with Gasteiger partial charge in [0.15, 0.2) is 0 Å². The molecule has 0 saturated heterocycles. The Morgan fingerprint density at radius 3 is 2.67 bits per heavy atom. The summed E-state index contributed by atoms with van der Waals surface area (Å²) in [5.74, 6) is -0.186. The Morgan fingerprint density at radius 2 is 2.00 bits per heavy atom. The van der Waals surface area contributed by atoms with Gasteiger partial charge in [-0.3, -0.25) is 0 Å². The molecule has 0 aliphatic heterocycles. The van der Waals surface area contributed by atoms with E-state index in [0.29, 0.717) is 0 Å². The van der Waals surface area contributed by atoms with Gasteiger partial charge in [0, 0.05) is 11.0 Å². The van der Waals surface area contributed by atoms with Gasteiger partial charge in [-0.15, -0.1) is 0 Å². The van der Waals surface area contributed by atoms with Gasteiger partial charge in [-0.25, -0.2) is 4.39 Å². The van der Waals surface area contributed by atoms with Crippen molar-refractivity contribution in [2.75, 3.05) is 11.0 Å². The van der Waals surface area contributed by atoms with Crippen LogP contribution in [0.2, 0.25) is 0 Å². The molecule has 0 fully saturated rings. The van der Waals surface area contributed by atoms with Crippen molar-refractivity contribution >= 4 is 22.6 Å². The van der Waals surface area contributed by atoms with Crippen molar-refractivity contribution in [3.05, 3.63) is 35.6 Å². The second-order valence-corrected chi connectivity index (χ2v) is 5.36. The monoisotopic (exact) mass is 364 g/mol. The van der Waals surface area contributed by atoms with Crippen molar-refractivity contribution in [1.82, 2.24) is 0 Å². The van der Waals surface area contributed by atoms with Gasteiger partial charge in [0.1, 0.15) is 5.82 Å². The number of rotatable bonds is 9. The molecule has 3 heteroatoms. The first-order valence-corrected chi connectivity index (χ1v) is 8.23. The minimum atomic E-state index is -0.186. The molecule has 1 aromatic carbocycles. The highest BCUT2D eigenvalue weighted by molar-refractivity contribution is 14.1. The molecule has 0 radical (unpaired) electrons. The number of alkyl halides is 1. The number of unbranched alkanes of at least 4 members (excludes halogenated alkanes) is 4. The first-order valence-electron chi connectivity index (χ1n) is 6.71. The Hall–Kier alpha value is -0.160. The largest absolute Gasteiger partial charge is 0.373 e. The van der Waals surface area contributed by atoms with Crippen molar-refractivity contribution in [2.45, 2.75) is 45.1 Å². The third kappa shape index (κ3) is 6.14. The minimum Gasteiger partial charge on any atom is -0.373 e. The van der Waals surface area contributed by atoms with Gasteiger partial charge in [-0.2, -0.15) is 0 Å². The lowest BCUT2D eigenvalue weighted by molar-refractivity contribution is 0.0677. The van der Waals surface area contributed by atoms with Gasteiger partial charge in [-0.1, -0.05) is 67.3 Å². The Morgan fingerprint density at radius 1 is 1.22 bits per heavy atom. The van der Waals surface area contributed by atoms with Crippen LogP contribution in [0.15, 0.2) is 24.3 Å². The Labute approximate surface area is 123 Å². The van der Waals surface area contributed by atoms with E-state index < -0.39 is 0 Å². The third-order valence-electron chi connectivity index (χ3n) is 2.93. The summed E-state index contributed by atoms with van der Waals surface area (Å²) in [6, 6.07) is 6.72. The van der Waals surface area contributed by atoms with Gasteiger partial charge in [0.2, 0.25) is 0 Å². The van der Waals surface area contributed by atoms with E-state index in [0.717, 1.165) is 23.0 Å². The SMILES string of the molecule is CCCCCCCOC(CI)c1cccc(F)c1. The Balaban J connectivity index is 2.29. The highest BCUT2D eigenvalue weighted by Crippen LogP contribution is 2.21. The molecule has 0 bridgehead atoms. The number of hydrogen-bond acceptors (Lipinski definition) is 1. The van der Waals surface area contributed by atoms with Crippen molar-refractivity contribution < 1.29 is 9.13 Å². The van der Waals surface area contributed by atoms with Crippen LogP contribution in [0.1, 0.15) is 50.7 Å². The van der Waals surface area contributed by atoms with Crippen LogP contribution in [-0.2, 0) is 4.74 Å². The molecule has 0 amide bonds. The molecule has 0 saturated carbocycles. The van der Waals surface area contributed by atoms with Crippen molar-refractivity contribution in [3.63, 3.8) is 0 Å². The van der Waals surface area contributed by atoms with E-state index in [1.54, 1.807) is 12.1 Å². The molecular weight excluding hydrogens is 342 g/mol. The molecule has 18 heavy (non-hydrogen) atoms. The predicted molar refractivity (Wildman–Crippen MR) is 82.7 cm³/mol. The van der Waals surface area contributed by atoms with Crippen LogP contribution >= 0.6 is 22.6 Å². The summed E-state index contributed by atoms with van der Waals surface area (Å²) in [5, 5.41) is 0. The van der Waals surface area contributed by atoms with Crippen molar-refractivity contribution in [3.8, 4) is 0 Å². The van der Waals surface area contributed by atoms with E-state index in [1.165, 1.54) is 31.7 Å². The molecule has 0 aliphatic rings. The maximum Gasteiger partial charge on any atom is 0.123 e. The Bertz CT molecular complexity index is 330. The smallest absolute Gasteiger partial charge is 0.123 e. The fourth-order valence-electron chi connectivity index (χ4n) is 1.87. The quantitative estimate of drug-likeness (QED) is 0.329. The molecule has 1 nitrogen and oxygen atoms in total. The van der Waals surface area contributed by atoms with Crippen LogP contribution in [-0.4, -0.2) is 11.0 Å². The fourth-order valence-corrected chi connectivity index (χ4v) is 2.63. The van der Waals surface area contributed by atoms with Crippen LogP contribution in [0.25, 0.3) is 0 Å². The minimum absolute atomic E-state index is 0.0208.